The van der Waals surface area contributed by atoms with Crippen molar-refractivity contribution in [3.05, 3.63) is 34.8 Å². The Balaban J connectivity index is 1.95. The molecule has 108 valence electrons. The molecule has 0 bridgehead atoms. The zero-order chi connectivity index (χ0) is 14.4. The van der Waals surface area contributed by atoms with Crippen molar-refractivity contribution in [2.24, 2.45) is 0 Å². The first-order valence-corrected chi connectivity index (χ1v) is 7.00. The average Bonchev–Trinajstić information content (AvgIpc) is 2.87. The highest BCUT2D eigenvalue weighted by atomic mass is 32.1. The van der Waals surface area contributed by atoms with E-state index in [1.54, 1.807) is 7.11 Å². The molecular formula is C13H15F2N3OS. The Labute approximate surface area is 119 Å². The molecule has 0 aliphatic rings. The van der Waals surface area contributed by atoms with E-state index in [0.717, 1.165) is 24.2 Å². The monoisotopic (exact) mass is 299 g/mol. The molecule has 1 N–H and O–H groups in total. The number of ether oxygens (including phenoxy) is 1. The lowest BCUT2D eigenvalue weighted by Crippen LogP contribution is -2.21. The maximum absolute atomic E-state index is 13.6. The van der Waals surface area contributed by atoms with E-state index < -0.39 is 11.6 Å². The van der Waals surface area contributed by atoms with Crippen LogP contribution in [0.2, 0.25) is 0 Å². The van der Waals surface area contributed by atoms with Gasteiger partial charge in [-0.25, -0.2) is 8.78 Å². The number of hydrogen-bond acceptors (Lipinski definition) is 5. The molecule has 0 unspecified atom stereocenters. The Morgan fingerprint density at radius 2 is 2.10 bits per heavy atom. The largest absolute Gasteiger partial charge is 0.383 e. The third kappa shape index (κ3) is 4.03. The van der Waals surface area contributed by atoms with E-state index in [-0.39, 0.29) is 5.56 Å². The summed E-state index contributed by atoms with van der Waals surface area (Å²) in [6, 6.07) is 3.44. The van der Waals surface area contributed by atoms with Gasteiger partial charge in [-0.15, -0.1) is 10.2 Å². The minimum Gasteiger partial charge on any atom is -0.383 e. The lowest BCUT2D eigenvalue weighted by molar-refractivity contribution is 0.199. The Morgan fingerprint density at radius 3 is 2.85 bits per heavy atom. The van der Waals surface area contributed by atoms with Gasteiger partial charge in [0.25, 0.3) is 0 Å². The molecule has 4 nitrogen and oxygen atoms in total. The Morgan fingerprint density at radius 1 is 1.25 bits per heavy atom. The molecule has 1 aromatic carbocycles. The molecule has 2 aromatic rings. The summed E-state index contributed by atoms with van der Waals surface area (Å²) in [5.41, 5.74) is 0.280. The van der Waals surface area contributed by atoms with Crippen molar-refractivity contribution in [3.63, 3.8) is 0 Å². The normalized spacial score (nSPS) is 10.9. The number of hydrogen-bond donors (Lipinski definition) is 1. The second kappa shape index (κ2) is 7.37. The van der Waals surface area contributed by atoms with Crippen molar-refractivity contribution in [2.75, 3.05) is 26.8 Å². The maximum Gasteiger partial charge on any atom is 0.150 e. The Hall–Kier alpha value is -1.44. The molecule has 0 spiro atoms. The summed E-state index contributed by atoms with van der Waals surface area (Å²) in [6.07, 6.45) is 0.712. The summed E-state index contributed by atoms with van der Waals surface area (Å²) in [5.74, 6) is -1.22. The molecule has 0 atom stereocenters. The summed E-state index contributed by atoms with van der Waals surface area (Å²) in [4.78, 5) is 0. The van der Waals surface area contributed by atoms with Crippen molar-refractivity contribution in [1.29, 1.82) is 0 Å². The minimum atomic E-state index is -0.620. The zero-order valence-corrected chi connectivity index (χ0v) is 11.8. The SMILES string of the molecule is COCCNCCc1nnc(-c2ccc(F)cc2F)s1. The van der Waals surface area contributed by atoms with E-state index >= 15 is 0 Å². The average molecular weight is 299 g/mol. The minimum absolute atomic E-state index is 0.280. The van der Waals surface area contributed by atoms with Gasteiger partial charge >= 0.3 is 0 Å². The number of nitrogens with one attached hydrogen (secondary N) is 1. The highest BCUT2D eigenvalue weighted by Gasteiger charge is 2.11. The van der Waals surface area contributed by atoms with Crippen molar-refractivity contribution < 1.29 is 13.5 Å². The number of benzene rings is 1. The van der Waals surface area contributed by atoms with E-state index in [1.165, 1.54) is 23.5 Å². The van der Waals surface area contributed by atoms with Gasteiger partial charge in [0, 0.05) is 38.2 Å². The molecule has 0 saturated carbocycles. The predicted molar refractivity (Wildman–Crippen MR) is 73.7 cm³/mol. The van der Waals surface area contributed by atoms with Gasteiger partial charge in [-0.1, -0.05) is 11.3 Å². The summed E-state index contributed by atoms with van der Waals surface area (Å²) in [6.45, 7) is 2.18. The molecule has 7 heteroatoms. The van der Waals surface area contributed by atoms with Gasteiger partial charge in [-0.05, 0) is 12.1 Å². The molecule has 1 heterocycles. The number of halogens is 2. The summed E-state index contributed by atoms with van der Waals surface area (Å²) < 4.78 is 31.4. The fraction of sp³-hybridized carbons (Fsp3) is 0.385. The van der Waals surface area contributed by atoms with Crippen molar-refractivity contribution in [3.8, 4) is 10.6 Å². The first-order chi connectivity index (χ1) is 9.70. The Bertz CT molecular complexity index is 562. The molecular weight excluding hydrogens is 284 g/mol. The van der Waals surface area contributed by atoms with Crippen LogP contribution in [-0.4, -0.2) is 37.0 Å². The van der Waals surface area contributed by atoms with E-state index in [2.05, 4.69) is 15.5 Å². The van der Waals surface area contributed by atoms with E-state index in [1.807, 2.05) is 0 Å². The van der Waals surface area contributed by atoms with Crippen molar-refractivity contribution in [2.45, 2.75) is 6.42 Å². The third-order valence-corrected chi connectivity index (χ3v) is 3.64. The van der Waals surface area contributed by atoms with Crippen LogP contribution >= 0.6 is 11.3 Å². The Kier molecular flexibility index (Phi) is 5.51. The second-order valence-corrected chi connectivity index (χ2v) is 5.18. The highest BCUT2D eigenvalue weighted by molar-refractivity contribution is 7.14. The first kappa shape index (κ1) is 15.0. The zero-order valence-electron chi connectivity index (χ0n) is 11.0. The van der Waals surface area contributed by atoms with Gasteiger partial charge in [0.1, 0.15) is 16.6 Å². The van der Waals surface area contributed by atoms with Gasteiger partial charge in [0.05, 0.1) is 6.61 Å². The third-order valence-electron chi connectivity index (χ3n) is 2.63. The van der Waals surface area contributed by atoms with Crippen LogP contribution in [0.15, 0.2) is 18.2 Å². The standard InChI is InChI=1S/C13H15F2N3OS/c1-19-7-6-16-5-4-12-17-18-13(20-12)10-3-2-9(14)8-11(10)15/h2-3,8,16H,4-7H2,1H3. The summed E-state index contributed by atoms with van der Waals surface area (Å²) >= 11 is 1.31. The first-order valence-electron chi connectivity index (χ1n) is 6.18. The van der Waals surface area contributed by atoms with Crippen LogP contribution in [0.3, 0.4) is 0 Å². The summed E-state index contributed by atoms with van der Waals surface area (Å²) in [7, 11) is 1.65. The highest BCUT2D eigenvalue weighted by Crippen LogP contribution is 2.26. The van der Waals surface area contributed by atoms with Crippen LogP contribution in [0.1, 0.15) is 5.01 Å². The molecule has 0 aliphatic carbocycles. The second-order valence-electron chi connectivity index (χ2n) is 4.12. The van der Waals surface area contributed by atoms with E-state index in [4.69, 9.17) is 4.74 Å². The van der Waals surface area contributed by atoms with E-state index in [0.29, 0.717) is 18.0 Å². The smallest absolute Gasteiger partial charge is 0.150 e. The lowest BCUT2D eigenvalue weighted by Gasteiger charge is -2.00. The van der Waals surface area contributed by atoms with Gasteiger partial charge < -0.3 is 10.1 Å². The van der Waals surface area contributed by atoms with Crippen LogP contribution in [-0.2, 0) is 11.2 Å². The number of rotatable bonds is 7. The molecule has 0 fully saturated rings. The number of aromatic nitrogens is 2. The van der Waals surface area contributed by atoms with Crippen molar-refractivity contribution in [1.82, 2.24) is 15.5 Å². The maximum atomic E-state index is 13.6. The van der Waals surface area contributed by atoms with Crippen LogP contribution in [0.5, 0.6) is 0 Å². The van der Waals surface area contributed by atoms with Gasteiger partial charge in [0.15, 0.2) is 5.01 Å². The fourth-order valence-electron chi connectivity index (χ4n) is 1.62. The van der Waals surface area contributed by atoms with Crippen LogP contribution in [0.25, 0.3) is 10.6 Å². The summed E-state index contributed by atoms with van der Waals surface area (Å²) in [5, 5.41) is 12.4. The lowest BCUT2D eigenvalue weighted by atomic mass is 10.2. The van der Waals surface area contributed by atoms with Gasteiger partial charge in [0.2, 0.25) is 0 Å². The van der Waals surface area contributed by atoms with Crippen LogP contribution in [0, 0.1) is 11.6 Å². The van der Waals surface area contributed by atoms with Gasteiger partial charge in [-0.2, -0.15) is 0 Å². The molecule has 1 aromatic heterocycles. The predicted octanol–water partition coefficient (Wildman–Crippen LogP) is 2.26. The van der Waals surface area contributed by atoms with Crippen LogP contribution < -0.4 is 5.32 Å². The van der Waals surface area contributed by atoms with Crippen molar-refractivity contribution >= 4 is 11.3 Å². The fourth-order valence-corrected chi connectivity index (χ4v) is 2.49. The van der Waals surface area contributed by atoms with Gasteiger partial charge in [-0.3, -0.25) is 0 Å². The molecule has 0 radical (unpaired) electrons. The number of nitrogens with zero attached hydrogens (tertiary/aromatic N) is 2. The topological polar surface area (TPSA) is 47.0 Å². The molecule has 0 amide bonds. The molecule has 0 saturated heterocycles. The van der Waals surface area contributed by atoms with E-state index in [9.17, 15) is 8.78 Å². The quantitative estimate of drug-likeness (QED) is 0.797. The molecule has 0 aliphatic heterocycles. The number of methoxy groups -OCH3 is 1. The van der Waals surface area contributed by atoms with Crippen LogP contribution in [0.4, 0.5) is 8.78 Å². The molecule has 20 heavy (non-hydrogen) atoms. The molecule has 2 rings (SSSR count).